The highest BCUT2D eigenvalue weighted by molar-refractivity contribution is 5.87. The monoisotopic (exact) mass is 325 g/mol. The third-order valence-electron chi connectivity index (χ3n) is 3.52. The lowest BCUT2D eigenvalue weighted by atomic mass is 10.1. The summed E-state index contributed by atoms with van der Waals surface area (Å²) in [7, 11) is 1.63. The first kappa shape index (κ1) is 19.3. The summed E-state index contributed by atoms with van der Waals surface area (Å²) in [4.78, 5) is 27.6. The molecule has 0 aliphatic heterocycles. The molecule has 7 nitrogen and oxygen atoms in total. The van der Waals surface area contributed by atoms with E-state index in [2.05, 4.69) is 26.3 Å². The maximum atomic E-state index is 11.8. The number of carbonyl (C=O) groups is 2. The molecular weight excluding hydrogens is 294 g/mol. The molecule has 0 aromatic heterocycles. The lowest BCUT2D eigenvalue weighted by Gasteiger charge is -2.21. The molecule has 0 spiro atoms. The lowest BCUT2D eigenvalue weighted by molar-refractivity contribution is -0.122. The van der Waals surface area contributed by atoms with E-state index in [4.69, 9.17) is 0 Å². The molecule has 0 bridgehead atoms. The van der Waals surface area contributed by atoms with Crippen LogP contribution in [-0.2, 0) is 9.59 Å². The first-order valence-corrected chi connectivity index (χ1v) is 8.35. The van der Waals surface area contributed by atoms with Crippen LogP contribution >= 0.6 is 0 Å². The second-order valence-corrected chi connectivity index (χ2v) is 6.95. The van der Waals surface area contributed by atoms with Gasteiger partial charge in [0.25, 0.3) is 0 Å². The van der Waals surface area contributed by atoms with Gasteiger partial charge in [0.15, 0.2) is 5.96 Å². The van der Waals surface area contributed by atoms with Crippen molar-refractivity contribution in [2.24, 2.45) is 4.99 Å². The van der Waals surface area contributed by atoms with Gasteiger partial charge in [0.2, 0.25) is 11.8 Å². The van der Waals surface area contributed by atoms with Gasteiger partial charge in [-0.15, -0.1) is 0 Å². The first-order valence-electron chi connectivity index (χ1n) is 8.35. The van der Waals surface area contributed by atoms with Gasteiger partial charge in [0.1, 0.15) is 0 Å². The minimum atomic E-state index is -0.256. The van der Waals surface area contributed by atoms with Gasteiger partial charge in [-0.05, 0) is 33.6 Å². The highest BCUT2D eigenvalue weighted by atomic mass is 16.2. The van der Waals surface area contributed by atoms with Crippen molar-refractivity contribution in [3.05, 3.63) is 0 Å². The van der Waals surface area contributed by atoms with Crippen molar-refractivity contribution < 1.29 is 9.59 Å². The highest BCUT2D eigenvalue weighted by Crippen LogP contribution is 2.17. The largest absolute Gasteiger partial charge is 0.356 e. The Morgan fingerprint density at radius 2 is 1.74 bits per heavy atom. The normalized spacial score (nSPS) is 16.1. The van der Waals surface area contributed by atoms with Gasteiger partial charge in [0, 0.05) is 31.6 Å². The Kier molecular flexibility index (Phi) is 7.85. The van der Waals surface area contributed by atoms with E-state index >= 15 is 0 Å². The zero-order chi connectivity index (χ0) is 17.3. The van der Waals surface area contributed by atoms with Crippen LogP contribution in [-0.4, -0.2) is 49.5 Å². The topological polar surface area (TPSA) is 94.6 Å². The lowest BCUT2D eigenvalue weighted by Crippen LogP contribution is -2.48. The molecular formula is C16H31N5O2. The number of hydrogen-bond acceptors (Lipinski definition) is 3. The molecule has 0 aromatic carbocycles. The van der Waals surface area contributed by atoms with E-state index in [0.29, 0.717) is 25.0 Å². The van der Waals surface area contributed by atoms with E-state index in [1.165, 1.54) is 12.8 Å². The molecule has 4 N–H and O–H groups in total. The molecule has 23 heavy (non-hydrogen) atoms. The predicted octanol–water partition coefficient (Wildman–Crippen LogP) is 0.515. The molecule has 1 aliphatic carbocycles. The minimum absolute atomic E-state index is 0.0605. The van der Waals surface area contributed by atoms with E-state index in [1.54, 1.807) is 7.05 Å². The van der Waals surface area contributed by atoms with Gasteiger partial charge in [-0.2, -0.15) is 0 Å². The summed E-state index contributed by atoms with van der Waals surface area (Å²) in [6.07, 6.45) is 4.98. The fraction of sp³-hybridized carbons (Fsp3) is 0.812. The van der Waals surface area contributed by atoms with Gasteiger partial charge in [-0.3, -0.25) is 14.6 Å². The predicted molar refractivity (Wildman–Crippen MR) is 92.3 cm³/mol. The Labute approximate surface area is 139 Å². The van der Waals surface area contributed by atoms with Crippen LogP contribution < -0.4 is 21.3 Å². The number of nitrogens with one attached hydrogen (secondary N) is 4. The maximum Gasteiger partial charge on any atom is 0.239 e. The Hall–Kier alpha value is -1.79. The zero-order valence-corrected chi connectivity index (χ0v) is 14.8. The summed E-state index contributed by atoms with van der Waals surface area (Å²) in [5.41, 5.74) is -0.256. The van der Waals surface area contributed by atoms with Crippen molar-refractivity contribution >= 4 is 17.8 Å². The third kappa shape index (κ3) is 9.05. The SMILES string of the molecule is CN=C(NCCC(=O)NC1CCCC1)NCC(=O)NC(C)(C)C. The number of rotatable bonds is 6. The van der Waals surface area contributed by atoms with Crippen molar-refractivity contribution in [3.63, 3.8) is 0 Å². The summed E-state index contributed by atoms with van der Waals surface area (Å²) < 4.78 is 0. The highest BCUT2D eigenvalue weighted by Gasteiger charge is 2.17. The molecule has 1 saturated carbocycles. The molecule has 0 heterocycles. The molecule has 0 unspecified atom stereocenters. The van der Waals surface area contributed by atoms with Crippen LogP contribution in [0.25, 0.3) is 0 Å². The molecule has 0 radical (unpaired) electrons. The average molecular weight is 325 g/mol. The molecule has 132 valence electrons. The first-order chi connectivity index (χ1) is 10.8. The Bertz CT molecular complexity index is 423. The van der Waals surface area contributed by atoms with Crippen molar-refractivity contribution in [1.29, 1.82) is 0 Å². The third-order valence-corrected chi connectivity index (χ3v) is 3.52. The van der Waals surface area contributed by atoms with Crippen LogP contribution in [0.3, 0.4) is 0 Å². The Morgan fingerprint density at radius 1 is 1.09 bits per heavy atom. The summed E-state index contributed by atoms with van der Waals surface area (Å²) in [6, 6.07) is 0.348. The number of nitrogens with zero attached hydrogens (tertiary/aromatic N) is 1. The molecule has 0 aromatic rings. The number of aliphatic imine (C=N–C) groups is 1. The van der Waals surface area contributed by atoms with Gasteiger partial charge in [0.05, 0.1) is 6.54 Å². The Balaban J connectivity index is 2.18. The molecule has 7 heteroatoms. The summed E-state index contributed by atoms with van der Waals surface area (Å²) >= 11 is 0. The number of hydrogen-bond donors (Lipinski definition) is 4. The summed E-state index contributed by atoms with van der Waals surface area (Å²) in [5, 5.41) is 11.9. The van der Waals surface area contributed by atoms with Gasteiger partial charge < -0.3 is 21.3 Å². The second-order valence-electron chi connectivity index (χ2n) is 6.95. The second kappa shape index (κ2) is 9.37. The standard InChI is InChI=1S/C16H31N5O2/c1-16(2,3)21-14(23)11-19-15(17-4)18-10-9-13(22)20-12-7-5-6-8-12/h12H,5-11H2,1-4H3,(H,20,22)(H,21,23)(H2,17,18,19). The number of amides is 2. The van der Waals surface area contributed by atoms with E-state index in [9.17, 15) is 9.59 Å². The van der Waals surface area contributed by atoms with Crippen LogP contribution in [0.2, 0.25) is 0 Å². The summed E-state index contributed by atoms with van der Waals surface area (Å²) in [5.74, 6) is 0.479. The van der Waals surface area contributed by atoms with E-state index < -0.39 is 0 Å². The van der Waals surface area contributed by atoms with Crippen LogP contribution in [0, 0.1) is 0 Å². The van der Waals surface area contributed by atoms with Gasteiger partial charge >= 0.3 is 0 Å². The molecule has 0 atom stereocenters. The fourth-order valence-corrected chi connectivity index (χ4v) is 2.51. The minimum Gasteiger partial charge on any atom is -0.356 e. The van der Waals surface area contributed by atoms with Crippen LogP contribution in [0.4, 0.5) is 0 Å². The van der Waals surface area contributed by atoms with Crippen molar-refractivity contribution in [1.82, 2.24) is 21.3 Å². The average Bonchev–Trinajstić information content (AvgIpc) is 2.93. The van der Waals surface area contributed by atoms with Crippen molar-refractivity contribution in [2.75, 3.05) is 20.1 Å². The molecule has 1 fully saturated rings. The van der Waals surface area contributed by atoms with Crippen LogP contribution in [0.5, 0.6) is 0 Å². The van der Waals surface area contributed by atoms with Gasteiger partial charge in [-0.1, -0.05) is 12.8 Å². The Morgan fingerprint density at radius 3 is 2.30 bits per heavy atom. The van der Waals surface area contributed by atoms with E-state index in [0.717, 1.165) is 12.8 Å². The smallest absolute Gasteiger partial charge is 0.239 e. The number of guanidine groups is 1. The molecule has 0 saturated heterocycles. The van der Waals surface area contributed by atoms with E-state index in [1.807, 2.05) is 20.8 Å². The molecule has 2 amide bonds. The zero-order valence-electron chi connectivity index (χ0n) is 14.8. The summed E-state index contributed by atoms with van der Waals surface area (Å²) in [6.45, 7) is 6.42. The van der Waals surface area contributed by atoms with E-state index in [-0.39, 0.29) is 23.9 Å². The van der Waals surface area contributed by atoms with Crippen molar-refractivity contribution in [2.45, 2.75) is 64.5 Å². The fourth-order valence-electron chi connectivity index (χ4n) is 2.51. The molecule has 1 aliphatic rings. The maximum absolute atomic E-state index is 11.8. The van der Waals surface area contributed by atoms with Gasteiger partial charge in [-0.25, -0.2) is 0 Å². The quantitative estimate of drug-likeness (QED) is 0.423. The van der Waals surface area contributed by atoms with Crippen LogP contribution in [0.15, 0.2) is 4.99 Å². The molecule has 1 rings (SSSR count). The van der Waals surface area contributed by atoms with Crippen molar-refractivity contribution in [3.8, 4) is 0 Å². The number of carbonyl (C=O) groups excluding carboxylic acids is 2. The van der Waals surface area contributed by atoms with Crippen LogP contribution in [0.1, 0.15) is 52.9 Å².